The zero-order valence-corrected chi connectivity index (χ0v) is 38.2. The maximum Gasteiger partial charge on any atom is 0.0569 e. The molecule has 0 amide bonds. The van der Waals surface area contributed by atoms with E-state index in [0.717, 1.165) is 29.8 Å². The van der Waals surface area contributed by atoms with Gasteiger partial charge in [0.25, 0.3) is 0 Å². The third-order valence-electron chi connectivity index (χ3n) is 12.2. The maximum absolute atomic E-state index is 4.18. The minimum atomic E-state index is 0.898. The predicted octanol–water partition coefficient (Wildman–Crippen LogP) is 16.0. The van der Waals surface area contributed by atoms with E-state index in [4.69, 9.17) is 0 Å². The molecule has 318 valence electrons. The van der Waals surface area contributed by atoms with Crippen molar-refractivity contribution in [3.8, 4) is 0 Å². The fourth-order valence-electron chi connectivity index (χ4n) is 8.14. The van der Waals surface area contributed by atoms with Gasteiger partial charge < -0.3 is 15.5 Å². The van der Waals surface area contributed by atoms with E-state index in [1.54, 1.807) is 5.57 Å². The highest BCUT2D eigenvalue weighted by molar-refractivity contribution is 5.28. The van der Waals surface area contributed by atoms with E-state index in [-0.39, 0.29) is 0 Å². The van der Waals surface area contributed by atoms with Crippen LogP contribution in [-0.2, 0) is 0 Å². The number of nitrogens with one attached hydrogen (secondary N) is 2. The van der Waals surface area contributed by atoms with E-state index in [1.807, 2.05) is 7.05 Å². The Morgan fingerprint density at radius 3 is 1.52 bits per heavy atom. The van der Waals surface area contributed by atoms with Crippen LogP contribution >= 0.6 is 0 Å². The van der Waals surface area contributed by atoms with Crippen LogP contribution in [0, 0.1) is 11.8 Å². The lowest BCUT2D eigenvalue weighted by Gasteiger charge is -2.23. The second-order valence-corrected chi connectivity index (χ2v) is 16.8. The molecule has 0 spiro atoms. The zero-order chi connectivity index (χ0) is 39.7. The Morgan fingerprint density at radius 2 is 1.04 bits per heavy atom. The fraction of sp³-hybridized carbons (Fsp3) is 0.843. The van der Waals surface area contributed by atoms with Gasteiger partial charge in [0.1, 0.15) is 0 Å². The van der Waals surface area contributed by atoms with Crippen LogP contribution in [0.5, 0.6) is 0 Å². The Morgan fingerprint density at radius 1 is 0.574 bits per heavy atom. The van der Waals surface area contributed by atoms with Gasteiger partial charge >= 0.3 is 0 Å². The van der Waals surface area contributed by atoms with Crippen molar-refractivity contribution in [3.63, 3.8) is 0 Å². The average molecular weight is 754 g/mol. The minimum Gasteiger partial charge on any atom is -0.387 e. The van der Waals surface area contributed by atoms with Crippen LogP contribution in [0.4, 0.5) is 0 Å². The van der Waals surface area contributed by atoms with Gasteiger partial charge in [-0.25, -0.2) is 0 Å². The Hall–Kier alpha value is -1.48. The highest BCUT2D eigenvalue weighted by atomic mass is 15.1. The van der Waals surface area contributed by atoms with Crippen LogP contribution in [-0.4, -0.2) is 38.1 Å². The van der Waals surface area contributed by atoms with Crippen LogP contribution < -0.4 is 10.6 Å². The molecule has 0 aromatic rings. The Labute approximate surface area is 341 Å². The van der Waals surface area contributed by atoms with E-state index in [1.165, 1.54) is 212 Å². The van der Waals surface area contributed by atoms with Gasteiger partial charge in [-0.2, -0.15) is 0 Å². The molecule has 0 aromatic carbocycles. The molecule has 0 saturated carbocycles. The van der Waals surface area contributed by atoms with Gasteiger partial charge in [-0.3, -0.25) is 0 Å². The van der Waals surface area contributed by atoms with Crippen molar-refractivity contribution in [1.82, 2.24) is 15.5 Å². The number of allylic oxidation sites excluding steroid dienone is 5. The molecule has 0 saturated heterocycles. The van der Waals surface area contributed by atoms with Crippen molar-refractivity contribution in [2.75, 3.05) is 33.2 Å². The summed E-state index contributed by atoms with van der Waals surface area (Å²) in [5, 5.41) is 6.85. The smallest absolute Gasteiger partial charge is 0.0569 e. The summed E-state index contributed by atoms with van der Waals surface area (Å²) in [6, 6.07) is 0. The standard InChI is InChI=1S/C51H99N3/c1-9-15-18-20-24-30-37-48(12-4)38-31-26-22-28-34-43-54(45-36-42-53-51(41-17-11-3)47(7)52-8)44-35-29-23-27-33-40-50(14-6)46-49(13-5)39-32-25-21-19-16-10-2/h11,14,17,41,48-49,52-53H,7,9-10,12-13,15-16,18-40,42-46H2,1-6,8H3/b17-11-,50-14?,51-41+. The summed E-state index contributed by atoms with van der Waals surface area (Å²) in [5.74, 6) is 1.87. The quantitative estimate of drug-likeness (QED) is 0.0369. The number of hydrogen-bond donors (Lipinski definition) is 2. The predicted molar refractivity (Wildman–Crippen MR) is 247 cm³/mol. The molecule has 3 nitrogen and oxygen atoms in total. The van der Waals surface area contributed by atoms with E-state index in [9.17, 15) is 0 Å². The van der Waals surface area contributed by atoms with E-state index in [0.29, 0.717) is 0 Å². The summed E-state index contributed by atoms with van der Waals surface area (Å²) in [6.45, 7) is 22.7. The van der Waals surface area contributed by atoms with E-state index >= 15 is 0 Å². The number of unbranched alkanes of at least 4 members (excludes halogenated alkanes) is 18. The van der Waals surface area contributed by atoms with E-state index in [2.05, 4.69) is 88.0 Å². The summed E-state index contributed by atoms with van der Waals surface area (Å²) < 4.78 is 0. The summed E-state index contributed by atoms with van der Waals surface area (Å²) in [6.07, 6.45) is 50.7. The average Bonchev–Trinajstić information content (AvgIpc) is 3.19. The molecule has 3 heteroatoms. The van der Waals surface area contributed by atoms with Crippen LogP contribution in [0.25, 0.3) is 0 Å². The molecule has 0 aromatic heterocycles. The van der Waals surface area contributed by atoms with Crippen LogP contribution in [0.3, 0.4) is 0 Å². The normalized spacial score (nSPS) is 13.6. The van der Waals surface area contributed by atoms with Crippen molar-refractivity contribution in [1.29, 1.82) is 0 Å². The molecule has 0 fully saturated rings. The molecule has 54 heavy (non-hydrogen) atoms. The first-order chi connectivity index (χ1) is 26.5. The summed E-state index contributed by atoms with van der Waals surface area (Å²) in [5.41, 5.74) is 3.79. The summed E-state index contributed by atoms with van der Waals surface area (Å²) in [4.78, 5) is 2.78. The summed E-state index contributed by atoms with van der Waals surface area (Å²) in [7, 11) is 1.95. The minimum absolute atomic E-state index is 0.898. The lowest BCUT2D eigenvalue weighted by Crippen LogP contribution is -2.30. The Balaban J connectivity index is 4.57. The number of nitrogens with zero attached hydrogens (tertiary/aromatic N) is 1. The maximum atomic E-state index is 4.18. The van der Waals surface area contributed by atoms with Gasteiger partial charge in [-0.15, -0.1) is 0 Å². The molecule has 2 N–H and O–H groups in total. The van der Waals surface area contributed by atoms with Crippen LogP contribution in [0.2, 0.25) is 0 Å². The first kappa shape index (κ1) is 52.5. The number of likely N-dealkylation sites (N-methyl/N-ethyl adjacent to an activating group) is 1. The van der Waals surface area contributed by atoms with Crippen molar-refractivity contribution >= 4 is 0 Å². The lowest BCUT2D eigenvalue weighted by atomic mass is 9.89. The molecule has 0 rings (SSSR count). The zero-order valence-electron chi connectivity index (χ0n) is 38.2. The molecule has 2 unspecified atom stereocenters. The van der Waals surface area contributed by atoms with E-state index < -0.39 is 0 Å². The topological polar surface area (TPSA) is 27.3 Å². The highest BCUT2D eigenvalue weighted by Crippen LogP contribution is 2.26. The lowest BCUT2D eigenvalue weighted by molar-refractivity contribution is 0.256. The second kappa shape index (κ2) is 41.2. The van der Waals surface area contributed by atoms with Crippen LogP contribution in [0.15, 0.2) is 47.9 Å². The van der Waals surface area contributed by atoms with Crippen molar-refractivity contribution in [2.45, 2.75) is 234 Å². The second-order valence-electron chi connectivity index (χ2n) is 16.8. The fourth-order valence-corrected chi connectivity index (χ4v) is 8.14. The molecule has 0 aliphatic rings. The summed E-state index contributed by atoms with van der Waals surface area (Å²) >= 11 is 0. The van der Waals surface area contributed by atoms with Gasteiger partial charge in [-0.1, -0.05) is 212 Å². The Kier molecular flexibility index (Phi) is 40.0. The van der Waals surface area contributed by atoms with Gasteiger partial charge in [0, 0.05) is 19.3 Å². The first-order valence-corrected chi connectivity index (χ1v) is 24.3. The van der Waals surface area contributed by atoms with Gasteiger partial charge in [0.15, 0.2) is 0 Å². The monoisotopic (exact) mass is 754 g/mol. The molecule has 0 aliphatic heterocycles. The molecule has 2 atom stereocenters. The molecule has 0 radical (unpaired) electrons. The molecule has 0 heterocycles. The molecule has 0 aliphatic carbocycles. The Bertz CT molecular complexity index is 885. The van der Waals surface area contributed by atoms with Gasteiger partial charge in [0.05, 0.1) is 5.70 Å². The molecule has 0 bridgehead atoms. The third-order valence-corrected chi connectivity index (χ3v) is 12.2. The van der Waals surface area contributed by atoms with Gasteiger partial charge in [0.2, 0.25) is 0 Å². The van der Waals surface area contributed by atoms with Crippen LogP contribution in [0.1, 0.15) is 234 Å². The van der Waals surface area contributed by atoms with Crippen molar-refractivity contribution < 1.29 is 0 Å². The molecular weight excluding hydrogens is 655 g/mol. The largest absolute Gasteiger partial charge is 0.387 e. The van der Waals surface area contributed by atoms with Gasteiger partial charge in [-0.05, 0) is 89.9 Å². The highest BCUT2D eigenvalue weighted by Gasteiger charge is 2.11. The molecular formula is C51H99N3. The first-order valence-electron chi connectivity index (χ1n) is 24.3. The van der Waals surface area contributed by atoms with Crippen molar-refractivity contribution in [2.24, 2.45) is 11.8 Å². The number of hydrogen-bond acceptors (Lipinski definition) is 3. The SMILES string of the molecule is C=C(NC)/C(=C\C=C/C)NCCCN(CCCCCCCC(=CC)CC(CC)CCCCCCCC)CCCCCCCC(CC)CCCCCCCC. The number of rotatable bonds is 42. The van der Waals surface area contributed by atoms with Crippen molar-refractivity contribution in [3.05, 3.63) is 47.9 Å². The third kappa shape index (κ3) is 32.7.